The first-order valence-corrected chi connectivity index (χ1v) is 6.45. The molecule has 1 aromatic carbocycles. The van der Waals surface area contributed by atoms with E-state index in [0.717, 1.165) is 21.9 Å². The third kappa shape index (κ3) is 2.67. The average molecular weight is 241 g/mol. The molecule has 15 heavy (non-hydrogen) atoms. The number of halogens is 1. The predicted octanol–water partition coefficient (Wildman–Crippen LogP) is 3.53. The average Bonchev–Trinajstić information content (AvgIpc) is 2.68. The number of hydrogen-bond donors (Lipinski definition) is 1. The van der Waals surface area contributed by atoms with Gasteiger partial charge in [0, 0.05) is 11.6 Å². The first-order chi connectivity index (χ1) is 7.29. The summed E-state index contributed by atoms with van der Waals surface area (Å²) in [6, 6.07) is 8.06. The minimum absolute atomic E-state index is 0.518. The van der Waals surface area contributed by atoms with Crippen molar-refractivity contribution in [2.24, 2.45) is 5.92 Å². The second-order valence-electron chi connectivity index (χ2n) is 3.63. The fourth-order valence-corrected chi connectivity index (χ4v) is 2.41. The lowest BCUT2D eigenvalue weighted by atomic mass is 10.3. The summed E-state index contributed by atoms with van der Waals surface area (Å²) in [7, 11) is 0. The molecule has 0 aliphatic heterocycles. The van der Waals surface area contributed by atoms with E-state index in [0.29, 0.717) is 11.8 Å². The Bertz CT molecular complexity index is 408. The number of rotatable bonds is 4. The van der Waals surface area contributed by atoms with Gasteiger partial charge in [-0.1, -0.05) is 30.8 Å². The molecule has 1 atom stereocenters. The van der Waals surface area contributed by atoms with Gasteiger partial charge < -0.3 is 4.98 Å². The van der Waals surface area contributed by atoms with E-state index in [1.165, 1.54) is 0 Å². The Kier molecular flexibility index (Phi) is 3.54. The molecule has 2 nitrogen and oxygen atoms in total. The maximum Gasteiger partial charge on any atom is 0.166 e. The van der Waals surface area contributed by atoms with Crippen molar-refractivity contribution in [2.45, 2.75) is 12.1 Å². The first-order valence-electron chi connectivity index (χ1n) is 4.93. The van der Waals surface area contributed by atoms with Gasteiger partial charge in [-0.3, -0.25) is 0 Å². The van der Waals surface area contributed by atoms with Crippen LogP contribution in [0.5, 0.6) is 0 Å². The van der Waals surface area contributed by atoms with Gasteiger partial charge >= 0.3 is 0 Å². The number of benzene rings is 1. The molecule has 0 fully saturated rings. The van der Waals surface area contributed by atoms with Gasteiger partial charge in [-0.05, 0) is 18.1 Å². The van der Waals surface area contributed by atoms with Crippen LogP contribution in [0.4, 0.5) is 0 Å². The van der Waals surface area contributed by atoms with E-state index in [1.54, 1.807) is 11.8 Å². The highest BCUT2D eigenvalue weighted by Gasteiger charge is 2.05. The van der Waals surface area contributed by atoms with Crippen LogP contribution in [0.3, 0.4) is 0 Å². The molecular formula is C11H13ClN2S. The van der Waals surface area contributed by atoms with Crippen LogP contribution in [0.1, 0.15) is 6.92 Å². The topological polar surface area (TPSA) is 28.7 Å². The van der Waals surface area contributed by atoms with Gasteiger partial charge in [0.1, 0.15) is 0 Å². The molecule has 2 rings (SSSR count). The molecule has 0 spiro atoms. The lowest BCUT2D eigenvalue weighted by Crippen LogP contribution is -1.99. The number of thioether (sulfide) groups is 1. The van der Waals surface area contributed by atoms with Crippen LogP contribution in [0.25, 0.3) is 11.0 Å². The number of H-pyrrole nitrogens is 1. The van der Waals surface area contributed by atoms with Crippen LogP contribution in [0.2, 0.25) is 0 Å². The highest BCUT2D eigenvalue weighted by Crippen LogP contribution is 2.21. The van der Waals surface area contributed by atoms with Crippen LogP contribution in [0, 0.1) is 5.92 Å². The normalized spacial score (nSPS) is 13.2. The molecule has 1 unspecified atom stereocenters. The molecule has 0 saturated heterocycles. The second kappa shape index (κ2) is 4.90. The van der Waals surface area contributed by atoms with Crippen molar-refractivity contribution in [1.82, 2.24) is 9.97 Å². The van der Waals surface area contributed by atoms with E-state index in [2.05, 4.69) is 16.9 Å². The number of alkyl halides is 1. The Labute approximate surface area is 98.4 Å². The molecule has 0 saturated carbocycles. The van der Waals surface area contributed by atoms with Crippen LogP contribution >= 0.6 is 23.4 Å². The molecule has 0 radical (unpaired) electrons. The zero-order valence-corrected chi connectivity index (χ0v) is 10.1. The van der Waals surface area contributed by atoms with E-state index in [4.69, 9.17) is 11.6 Å². The molecule has 0 aliphatic rings. The summed E-state index contributed by atoms with van der Waals surface area (Å²) in [6.45, 7) is 2.14. The van der Waals surface area contributed by atoms with Gasteiger partial charge in [0.2, 0.25) is 0 Å². The number of fused-ring (bicyclic) bond motifs is 1. The zero-order chi connectivity index (χ0) is 10.7. The fourth-order valence-electron chi connectivity index (χ4n) is 1.26. The van der Waals surface area contributed by atoms with Crippen molar-refractivity contribution in [3.63, 3.8) is 0 Å². The molecule has 0 bridgehead atoms. The minimum Gasteiger partial charge on any atom is -0.333 e. The number of hydrogen-bond acceptors (Lipinski definition) is 2. The molecule has 0 amide bonds. The molecule has 1 N–H and O–H groups in total. The van der Waals surface area contributed by atoms with Gasteiger partial charge in [-0.15, -0.1) is 11.6 Å². The first kappa shape index (κ1) is 10.8. The molecule has 4 heteroatoms. The summed E-state index contributed by atoms with van der Waals surface area (Å²) in [6.07, 6.45) is 0. The maximum atomic E-state index is 5.75. The standard InChI is InChI=1S/C11H13ClN2S/c1-8(6-12)7-15-11-13-9-4-2-3-5-10(9)14-11/h2-5,8H,6-7H2,1H3,(H,13,14). The van der Waals surface area contributed by atoms with Crippen LogP contribution in [-0.4, -0.2) is 21.6 Å². The smallest absolute Gasteiger partial charge is 0.166 e. The van der Waals surface area contributed by atoms with Gasteiger partial charge in [-0.2, -0.15) is 0 Å². The fraction of sp³-hybridized carbons (Fsp3) is 0.364. The SMILES string of the molecule is CC(CCl)CSc1nc2ccccc2[nH]1. The second-order valence-corrected chi connectivity index (χ2v) is 4.95. The monoisotopic (exact) mass is 240 g/mol. The Morgan fingerprint density at radius 1 is 1.47 bits per heavy atom. The number of para-hydroxylation sites is 2. The van der Waals surface area contributed by atoms with Crippen molar-refractivity contribution in [1.29, 1.82) is 0 Å². The molecule has 0 aliphatic carbocycles. The van der Waals surface area contributed by atoms with Crippen LogP contribution < -0.4 is 0 Å². The molecule has 80 valence electrons. The van der Waals surface area contributed by atoms with Crippen molar-refractivity contribution in [3.05, 3.63) is 24.3 Å². The molecule has 1 aromatic heterocycles. The van der Waals surface area contributed by atoms with E-state index >= 15 is 0 Å². The number of aromatic nitrogens is 2. The van der Waals surface area contributed by atoms with E-state index in [-0.39, 0.29) is 0 Å². The van der Waals surface area contributed by atoms with Crippen molar-refractivity contribution in [3.8, 4) is 0 Å². The third-order valence-corrected chi connectivity index (χ3v) is 3.86. The predicted molar refractivity (Wildman–Crippen MR) is 66.7 cm³/mol. The third-order valence-electron chi connectivity index (χ3n) is 2.14. The number of aromatic amines is 1. The molecule has 1 heterocycles. The number of nitrogens with zero attached hydrogens (tertiary/aromatic N) is 1. The van der Waals surface area contributed by atoms with E-state index in [9.17, 15) is 0 Å². The van der Waals surface area contributed by atoms with Gasteiger partial charge in [0.05, 0.1) is 11.0 Å². The Hall–Kier alpha value is -0.670. The van der Waals surface area contributed by atoms with Crippen molar-refractivity contribution in [2.75, 3.05) is 11.6 Å². The summed E-state index contributed by atoms with van der Waals surface area (Å²) in [4.78, 5) is 7.77. The number of imidazole rings is 1. The summed E-state index contributed by atoms with van der Waals surface area (Å²) in [5, 5.41) is 0.980. The van der Waals surface area contributed by atoms with E-state index in [1.807, 2.05) is 24.3 Å². The van der Waals surface area contributed by atoms with Crippen LogP contribution in [0.15, 0.2) is 29.4 Å². The molecular weight excluding hydrogens is 228 g/mol. The quantitative estimate of drug-likeness (QED) is 0.654. The Morgan fingerprint density at radius 2 is 2.27 bits per heavy atom. The summed E-state index contributed by atoms with van der Waals surface area (Å²) in [5.41, 5.74) is 2.12. The molecule has 2 aromatic rings. The largest absolute Gasteiger partial charge is 0.333 e. The summed E-state index contributed by atoms with van der Waals surface area (Å²) < 4.78 is 0. The summed E-state index contributed by atoms with van der Waals surface area (Å²) >= 11 is 7.48. The lowest BCUT2D eigenvalue weighted by Gasteiger charge is -2.03. The van der Waals surface area contributed by atoms with Crippen molar-refractivity contribution < 1.29 is 0 Å². The van der Waals surface area contributed by atoms with Gasteiger partial charge in [0.15, 0.2) is 5.16 Å². The van der Waals surface area contributed by atoms with Gasteiger partial charge in [0.25, 0.3) is 0 Å². The lowest BCUT2D eigenvalue weighted by molar-refractivity contribution is 0.757. The number of nitrogens with one attached hydrogen (secondary N) is 1. The van der Waals surface area contributed by atoms with Gasteiger partial charge in [-0.25, -0.2) is 4.98 Å². The Morgan fingerprint density at radius 3 is 3.00 bits per heavy atom. The minimum atomic E-state index is 0.518. The van der Waals surface area contributed by atoms with Crippen molar-refractivity contribution >= 4 is 34.4 Å². The highest BCUT2D eigenvalue weighted by atomic mass is 35.5. The maximum absolute atomic E-state index is 5.75. The van der Waals surface area contributed by atoms with E-state index < -0.39 is 0 Å². The zero-order valence-electron chi connectivity index (χ0n) is 8.53. The Balaban J connectivity index is 2.09. The summed E-state index contributed by atoms with van der Waals surface area (Å²) in [5.74, 6) is 2.22. The van der Waals surface area contributed by atoms with Crippen LogP contribution in [-0.2, 0) is 0 Å². The highest BCUT2D eigenvalue weighted by molar-refractivity contribution is 7.99.